The number of pyridine rings is 1. The van der Waals surface area contributed by atoms with E-state index in [1.807, 2.05) is 12.3 Å². The fourth-order valence-electron chi connectivity index (χ4n) is 5.68. The molecule has 1 aromatic carbocycles. The molecule has 0 amide bonds. The van der Waals surface area contributed by atoms with E-state index in [1.165, 1.54) is 5.56 Å². The van der Waals surface area contributed by atoms with Gasteiger partial charge in [0.2, 0.25) is 0 Å². The van der Waals surface area contributed by atoms with Crippen LogP contribution in [0, 0.1) is 5.41 Å². The van der Waals surface area contributed by atoms with Crippen molar-refractivity contribution in [2.24, 2.45) is 5.41 Å². The number of ether oxygens (including phenoxy) is 1. The Morgan fingerprint density at radius 3 is 2.44 bits per heavy atom. The minimum Gasteiger partial charge on any atom is -0.381 e. The second-order valence-corrected chi connectivity index (χ2v) is 10.6. The van der Waals surface area contributed by atoms with Gasteiger partial charge in [-0.1, -0.05) is 50.3 Å². The molecule has 3 aromatic rings. The van der Waals surface area contributed by atoms with Crippen LogP contribution in [0.2, 0.25) is 0 Å². The Balaban J connectivity index is 1.53. The van der Waals surface area contributed by atoms with Gasteiger partial charge in [-0.3, -0.25) is 4.98 Å². The van der Waals surface area contributed by atoms with Crippen LogP contribution in [0.5, 0.6) is 0 Å². The summed E-state index contributed by atoms with van der Waals surface area (Å²) in [5.41, 5.74) is 3.21. The molecule has 0 spiro atoms. The van der Waals surface area contributed by atoms with Crippen molar-refractivity contribution in [1.82, 2.24) is 24.9 Å². The number of aliphatic hydroxyl groups is 1. The van der Waals surface area contributed by atoms with E-state index in [1.54, 1.807) is 17.1 Å². The Bertz CT molecular complexity index is 1130. The summed E-state index contributed by atoms with van der Waals surface area (Å²) in [6, 6.07) is 10.4. The van der Waals surface area contributed by atoms with E-state index < -0.39 is 5.60 Å². The van der Waals surface area contributed by atoms with Crippen molar-refractivity contribution in [3.05, 3.63) is 71.3 Å². The smallest absolute Gasteiger partial charge is 0.124 e. The zero-order valence-corrected chi connectivity index (χ0v) is 20.6. The third-order valence-electron chi connectivity index (χ3n) is 7.66. The van der Waals surface area contributed by atoms with Gasteiger partial charge in [0.05, 0.1) is 23.8 Å². The maximum absolute atomic E-state index is 12.4. The first-order chi connectivity index (χ1) is 16.3. The molecule has 0 aliphatic carbocycles. The topological polar surface area (TPSA) is 76.3 Å². The highest BCUT2D eigenvalue weighted by Crippen LogP contribution is 2.50. The summed E-state index contributed by atoms with van der Waals surface area (Å²) in [6.45, 7) is 9.67. The largest absolute Gasteiger partial charge is 0.381 e. The molecular weight excluding hydrogens is 426 g/mol. The third-order valence-corrected chi connectivity index (χ3v) is 7.66. The first-order valence-corrected chi connectivity index (χ1v) is 12.3. The molecular formula is C27H35N5O2. The predicted octanol–water partition coefficient (Wildman–Crippen LogP) is 3.87. The van der Waals surface area contributed by atoms with Gasteiger partial charge in [-0.05, 0) is 43.0 Å². The van der Waals surface area contributed by atoms with Crippen molar-refractivity contribution >= 4 is 0 Å². The van der Waals surface area contributed by atoms with Crippen molar-refractivity contribution < 1.29 is 9.84 Å². The minimum atomic E-state index is -1.18. The minimum absolute atomic E-state index is 0.336. The quantitative estimate of drug-likeness (QED) is 0.601. The van der Waals surface area contributed by atoms with Crippen LogP contribution in [0.25, 0.3) is 5.69 Å². The summed E-state index contributed by atoms with van der Waals surface area (Å²) in [4.78, 5) is 6.77. The highest BCUT2D eigenvalue weighted by atomic mass is 16.5. The molecule has 2 aliphatic rings. The average Bonchev–Trinajstić information content (AvgIpc) is 3.34. The molecule has 2 fully saturated rings. The summed E-state index contributed by atoms with van der Waals surface area (Å²) < 4.78 is 7.26. The van der Waals surface area contributed by atoms with E-state index in [9.17, 15) is 5.11 Å². The lowest BCUT2D eigenvalue weighted by Crippen LogP contribution is -2.63. The van der Waals surface area contributed by atoms with Gasteiger partial charge in [-0.15, -0.1) is 5.10 Å². The molecule has 0 saturated carbocycles. The van der Waals surface area contributed by atoms with E-state index in [4.69, 9.17) is 4.74 Å². The molecule has 2 aliphatic heterocycles. The third kappa shape index (κ3) is 3.96. The normalized spacial score (nSPS) is 20.8. The van der Waals surface area contributed by atoms with E-state index in [0.717, 1.165) is 61.7 Å². The van der Waals surface area contributed by atoms with Gasteiger partial charge in [0, 0.05) is 49.4 Å². The first-order valence-electron chi connectivity index (χ1n) is 12.3. The standard InChI is InChI=1S/C27H35N5O2/c1-19(2)20-5-7-22(8-6-20)27(33,26(3)17-31(4)18-26)23-13-24(15-28-14-23)32-16-25(29-30-32)21-9-11-34-12-10-21/h5-8,13-16,19,21,33H,9-12,17-18H2,1-4H3. The average molecular weight is 462 g/mol. The number of nitrogens with zero attached hydrogens (tertiary/aromatic N) is 5. The molecule has 7 heteroatoms. The van der Waals surface area contributed by atoms with Gasteiger partial charge in [-0.2, -0.15) is 0 Å². The second-order valence-electron chi connectivity index (χ2n) is 10.6. The van der Waals surface area contributed by atoms with E-state index in [-0.39, 0.29) is 5.41 Å². The Hall–Kier alpha value is -2.61. The summed E-state index contributed by atoms with van der Waals surface area (Å²) in [5, 5.41) is 21.3. The van der Waals surface area contributed by atoms with Crippen LogP contribution in [0.1, 0.15) is 67.8 Å². The van der Waals surface area contributed by atoms with Crippen LogP contribution in [0.15, 0.2) is 48.9 Å². The lowest BCUT2D eigenvalue weighted by Gasteiger charge is -2.55. The highest BCUT2D eigenvalue weighted by Gasteiger charge is 2.55. The SMILES string of the molecule is CC(C)c1ccc(C(O)(c2cncc(-n3cc(C4CCOCC4)nn3)c2)C2(C)CN(C)C2)cc1. The Morgan fingerprint density at radius 1 is 1.09 bits per heavy atom. The highest BCUT2D eigenvalue weighted by molar-refractivity contribution is 5.44. The van der Waals surface area contributed by atoms with E-state index >= 15 is 0 Å². The molecule has 1 unspecified atom stereocenters. The molecule has 5 rings (SSSR count). The Kier molecular flexibility index (Phi) is 6.04. The molecule has 180 valence electrons. The number of hydrogen-bond acceptors (Lipinski definition) is 6. The van der Waals surface area contributed by atoms with Crippen molar-refractivity contribution in [1.29, 1.82) is 0 Å². The number of likely N-dealkylation sites (tertiary alicyclic amines) is 1. The van der Waals surface area contributed by atoms with Gasteiger partial charge in [-0.25, -0.2) is 4.68 Å². The monoisotopic (exact) mass is 461 g/mol. The van der Waals surface area contributed by atoms with Gasteiger partial charge >= 0.3 is 0 Å². The van der Waals surface area contributed by atoms with E-state index in [0.29, 0.717) is 11.8 Å². The number of benzene rings is 1. The molecule has 0 radical (unpaired) electrons. The van der Waals surface area contributed by atoms with Crippen LogP contribution < -0.4 is 0 Å². The lowest BCUT2D eigenvalue weighted by molar-refractivity contribution is -0.127. The zero-order valence-electron chi connectivity index (χ0n) is 20.6. The Morgan fingerprint density at radius 2 is 1.79 bits per heavy atom. The molecule has 4 heterocycles. The number of hydrogen-bond donors (Lipinski definition) is 1. The maximum atomic E-state index is 12.4. The fourth-order valence-corrected chi connectivity index (χ4v) is 5.68. The van der Waals surface area contributed by atoms with Crippen LogP contribution in [0.4, 0.5) is 0 Å². The van der Waals surface area contributed by atoms with Crippen molar-refractivity contribution in [3.8, 4) is 5.69 Å². The fraction of sp³-hybridized carbons (Fsp3) is 0.519. The number of aromatic nitrogens is 4. The van der Waals surface area contributed by atoms with Crippen molar-refractivity contribution in [2.75, 3.05) is 33.4 Å². The summed E-state index contributed by atoms with van der Waals surface area (Å²) >= 11 is 0. The van der Waals surface area contributed by atoms with Gasteiger partial charge < -0.3 is 14.7 Å². The number of rotatable bonds is 6. The molecule has 2 saturated heterocycles. The first kappa shape index (κ1) is 23.1. The zero-order chi connectivity index (χ0) is 23.9. The van der Waals surface area contributed by atoms with Gasteiger partial charge in [0.15, 0.2) is 0 Å². The van der Waals surface area contributed by atoms with Crippen molar-refractivity contribution in [3.63, 3.8) is 0 Å². The van der Waals surface area contributed by atoms with Gasteiger partial charge in [0.25, 0.3) is 0 Å². The van der Waals surface area contributed by atoms with Crippen LogP contribution in [-0.2, 0) is 10.3 Å². The van der Waals surface area contributed by atoms with Crippen LogP contribution >= 0.6 is 0 Å². The lowest BCUT2D eigenvalue weighted by atomic mass is 9.62. The van der Waals surface area contributed by atoms with E-state index in [2.05, 4.69) is 72.3 Å². The maximum Gasteiger partial charge on any atom is 0.124 e. The molecule has 2 aromatic heterocycles. The Labute approximate surface area is 201 Å². The molecule has 0 bridgehead atoms. The van der Waals surface area contributed by atoms with Gasteiger partial charge in [0.1, 0.15) is 5.60 Å². The summed E-state index contributed by atoms with van der Waals surface area (Å²) in [5.74, 6) is 0.814. The summed E-state index contributed by atoms with van der Waals surface area (Å²) in [6.07, 6.45) is 7.50. The van der Waals surface area contributed by atoms with Crippen molar-refractivity contribution in [2.45, 2.75) is 51.0 Å². The van der Waals surface area contributed by atoms with Crippen LogP contribution in [-0.4, -0.2) is 63.3 Å². The molecule has 1 N–H and O–H groups in total. The molecule has 7 nitrogen and oxygen atoms in total. The second kappa shape index (κ2) is 8.87. The molecule has 34 heavy (non-hydrogen) atoms. The summed E-state index contributed by atoms with van der Waals surface area (Å²) in [7, 11) is 2.09. The molecule has 1 atom stereocenters. The predicted molar refractivity (Wildman–Crippen MR) is 131 cm³/mol. The van der Waals surface area contributed by atoms with Crippen LogP contribution in [0.3, 0.4) is 0 Å².